The molecule has 0 amide bonds. The van der Waals surface area contributed by atoms with Crippen molar-refractivity contribution < 1.29 is 4.39 Å². The van der Waals surface area contributed by atoms with Gasteiger partial charge >= 0.3 is 0 Å². The van der Waals surface area contributed by atoms with Gasteiger partial charge in [0.05, 0.1) is 0 Å². The van der Waals surface area contributed by atoms with Gasteiger partial charge in [0.25, 0.3) is 0 Å². The Bertz CT molecular complexity index is 384. The van der Waals surface area contributed by atoms with Crippen LogP contribution < -0.4 is 0 Å². The first kappa shape index (κ1) is 13.5. The molecule has 1 aliphatic rings. The highest BCUT2D eigenvalue weighted by Crippen LogP contribution is 2.41. The van der Waals surface area contributed by atoms with Crippen LogP contribution >= 0.6 is 31.9 Å². The molecular weight excluding hydrogens is 347 g/mol. The number of hydrogen-bond donors (Lipinski definition) is 0. The Hall–Kier alpha value is 0.110. The van der Waals surface area contributed by atoms with Crippen LogP contribution in [0.15, 0.2) is 22.7 Å². The number of hydrogen-bond acceptors (Lipinski definition) is 0. The summed E-state index contributed by atoms with van der Waals surface area (Å²) >= 11 is 7.15. The van der Waals surface area contributed by atoms with E-state index in [2.05, 4.69) is 31.9 Å². The van der Waals surface area contributed by atoms with Crippen LogP contribution in [0.3, 0.4) is 0 Å². The second-order valence-electron chi connectivity index (χ2n) is 5.11. The van der Waals surface area contributed by atoms with Crippen LogP contribution in [-0.4, -0.2) is 5.33 Å². The largest absolute Gasteiger partial charge is 0.207 e. The second kappa shape index (κ2) is 5.83. The molecule has 0 spiro atoms. The molecule has 0 nitrogen and oxygen atoms in total. The van der Waals surface area contributed by atoms with Crippen LogP contribution in [0.1, 0.15) is 37.7 Å². The van der Waals surface area contributed by atoms with Crippen molar-refractivity contribution in [3.8, 4) is 0 Å². The predicted molar refractivity (Wildman–Crippen MR) is 77.1 cm³/mol. The van der Waals surface area contributed by atoms with Gasteiger partial charge in [-0.2, -0.15) is 0 Å². The highest BCUT2D eigenvalue weighted by atomic mass is 79.9. The lowest BCUT2D eigenvalue weighted by Crippen LogP contribution is -2.28. The van der Waals surface area contributed by atoms with E-state index in [1.165, 1.54) is 37.7 Å². The Morgan fingerprint density at radius 3 is 2.47 bits per heavy atom. The molecule has 0 saturated heterocycles. The minimum atomic E-state index is -0.169. The molecule has 0 radical (unpaired) electrons. The second-order valence-corrected chi connectivity index (χ2v) is 6.52. The van der Waals surface area contributed by atoms with Crippen molar-refractivity contribution >= 4 is 31.9 Å². The summed E-state index contributed by atoms with van der Waals surface area (Å²) in [5.74, 6) is -0.169. The highest BCUT2D eigenvalue weighted by molar-refractivity contribution is 9.10. The van der Waals surface area contributed by atoms with Crippen molar-refractivity contribution in [3.05, 3.63) is 34.1 Å². The lowest BCUT2D eigenvalue weighted by molar-refractivity contribution is 0.223. The van der Waals surface area contributed by atoms with Gasteiger partial charge in [-0.05, 0) is 42.4 Å². The third-order valence-corrected chi connectivity index (χ3v) is 5.71. The molecule has 0 aliphatic heterocycles. The van der Waals surface area contributed by atoms with Gasteiger partial charge in [0, 0.05) is 9.80 Å². The summed E-state index contributed by atoms with van der Waals surface area (Å²) in [5.41, 5.74) is 1.60. The molecule has 0 heterocycles. The molecule has 0 bridgehead atoms. The number of rotatable bonds is 3. The lowest BCUT2D eigenvalue weighted by atomic mass is 9.72. The molecule has 1 fully saturated rings. The first-order valence-corrected chi connectivity index (χ1v) is 8.07. The van der Waals surface area contributed by atoms with Gasteiger partial charge in [0.2, 0.25) is 0 Å². The van der Waals surface area contributed by atoms with E-state index in [0.717, 1.165) is 16.2 Å². The van der Waals surface area contributed by atoms with Gasteiger partial charge in [-0.1, -0.05) is 57.2 Å². The normalized spacial score (nSPS) is 19.2. The maximum atomic E-state index is 13.1. The lowest BCUT2D eigenvalue weighted by Gasteiger charge is -2.36. The van der Waals surface area contributed by atoms with Crippen LogP contribution in [0.4, 0.5) is 4.39 Å². The maximum Gasteiger partial charge on any atom is 0.124 e. The molecule has 1 saturated carbocycles. The molecule has 0 aromatic heterocycles. The van der Waals surface area contributed by atoms with E-state index < -0.39 is 0 Å². The standard InChI is InChI=1S/C14H17Br2F/c15-10-14(6-2-1-3-7-14)9-11-4-5-12(17)8-13(11)16/h4-5,8H,1-3,6-7,9-10H2. The molecular formula is C14H17Br2F. The average Bonchev–Trinajstić information content (AvgIpc) is 2.34. The van der Waals surface area contributed by atoms with Gasteiger partial charge < -0.3 is 0 Å². The molecule has 0 N–H and O–H groups in total. The number of alkyl halides is 1. The van der Waals surface area contributed by atoms with Gasteiger partial charge in [-0.15, -0.1) is 0 Å². The summed E-state index contributed by atoms with van der Waals surface area (Å²) in [6.07, 6.45) is 7.61. The Morgan fingerprint density at radius 2 is 1.88 bits per heavy atom. The molecule has 0 atom stereocenters. The quantitative estimate of drug-likeness (QED) is 0.624. The molecule has 1 aromatic rings. The zero-order valence-corrected chi connectivity index (χ0v) is 13.0. The smallest absolute Gasteiger partial charge is 0.124 e. The van der Waals surface area contributed by atoms with Crippen molar-refractivity contribution in [1.82, 2.24) is 0 Å². The van der Waals surface area contributed by atoms with Crippen molar-refractivity contribution in [2.75, 3.05) is 5.33 Å². The Kier molecular flexibility index (Phi) is 4.65. The van der Waals surface area contributed by atoms with Crippen LogP contribution in [0.5, 0.6) is 0 Å². The zero-order chi connectivity index (χ0) is 12.3. The Balaban J connectivity index is 2.17. The number of halogens is 3. The minimum absolute atomic E-state index is 0.169. The van der Waals surface area contributed by atoms with Crippen LogP contribution in [0.2, 0.25) is 0 Å². The van der Waals surface area contributed by atoms with E-state index in [-0.39, 0.29) is 5.82 Å². The van der Waals surface area contributed by atoms with E-state index in [4.69, 9.17) is 0 Å². The fraction of sp³-hybridized carbons (Fsp3) is 0.571. The van der Waals surface area contributed by atoms with Crippen molar-refractivity contribution in [3.63, 3.8) is 0 Å². The monoisotopic (exact) mass is 362 g/mol. The van der Waals surface area contributed by atoms with Gasteiger partial charge in [-0.3, -0.25) is 0 Å². The van der Waals surface area contributed by atoms with E-state index >= 15 is 0 Å². The van der Waals surface area contributed by atoms with E-state index in [0.29, 0.717) is 5.41 Å². The number of benzene rings is 1. The first-order valence-electron chi connectivity index (χ1n) is 6.15. The minimum Gasteiger partial charge on any atom is -0.207 e. The van der Waals surface area contributed by atoms with Crippen molar-refractivity contribution in [1.29, 1.82) is 0 Å². The van der Waals surface area contributed by atoms with Crippen LogP contribution in [-0.2, 0) is 6.42 Å². The summed E-state index contributed by atoms with van der Waals surface area (Å²) < 4.78 is 14.0. The molecule has 17 heavy (non-hydrogen) atoms. The summed E-state index contributed by atoms with van der Waals surface area (Å²) in [5, 5.41) is 1.05. The Morgan fingerprint density at radius 1 is 1.18 bits per heavy atom. The molecule has 3 heteroatoms. The molecule has 94 valence electrons. The SMILES string of the molecule is Fc1ccc(CC2(CBr)CCCCC2)c(Br)c1. The van der Waals surface area contributed by atoms with E-state index in [1.54, 1.807) is 12.1 Å². The fourth-order valence-corrected chi connectivity index (χ4v) is 3.98. The van der Waals surface area contributed by atoms with Crippen molar-refractivity contribution in [2.24, 2.45) is 5.41 Å². The summed E-state index contributed by atoms with van der Waals surface area (Å²) in [6.45, 7) is 0. The Labute approximate surface area is 119 Å². The molecule has 2 rings (SSSR count). The molecule has 1 aliphatic carbocycles. The summed E-state index contributed by atoms with van der Waals surface area (Å²) in [6, 6.07) is 5.05. The maximum absolute atomic E-state index is 13.1. The summed E-state index contributed by atoms with van der Waals surface area (Å²) in [4.78, 5) is 0. The highest BCUT2D eigenvalue weighted by Gasteiger charge is 2.31. The van der Waals surface area contributed by atoms with Gasteiger partial charge in [-0.25, -0.2) is 4.39 Å². The van der Waals surface area contributed by atoms with Crippen LogP contribution in [0, 0.1) is 11.2 Å². The van der Waals surface area contributed by atoms with Gasteiger partial charge in [0.1, 0.15) is 5.82 Å². The fourth-order valence-electron chi connectivity index (χ4n) is 2.73. The first-order chi connectivity index (χ1) is 8.15. The summed E-state index contributed by atoms with van der Waals surface area (Å²) in [7, 11) is 0. The van der Waals surface area contributed by atoms with Gasteiger partial charge in [0.15, 0.2) is 0 Å². The third kappa shape index (κ3) is 3.31. The average molecular weight is 364 g/mol. The predicted octanol–water partition coefficient (Wildman–Crippen LogP) is 5.48. The third-order valence-electron chi connectivity index (χ3n) is 3.78. The topological polar surface area (TPSA) is 0 Å². The van der Waals surface area contributed by atoms with E-state index in [1.807, 2.05) is 6.07 Å². The molecule has 1 aromatic carbocycles. The van der Waals surface area contributed by atoms with Crippen molar-refractivity contribution in [2.45, 2.75) is 38.5 Å². The molecule has 0 unspecified atom stereocenters. The van der Waals surface area contributed by atoms with Crippen LogP contribution in [0.25, 0.3) is 0 Å². The zero-order valence-electron chi connectivity index (χ0n) is 9.82. The van der Waals surface area contributed by atoms with E-state index in [9.17, 15) is 4.39 Å².